The molecule has 1 aromatic carbocycles. The summed E-state index contributed by atoms with van der Waals surface area (Å²) in [7, 11) is -3.74. The average molecular weight is 368 g/mol. The van der Waals surface area contributed by atoms with Gasteiger partial charge < -0.3 is 4.74 Å². The minimum absolute atomic E-state index is 0.0888. The van der Waals surface area contributed by atoms with Crippen molar-refractivity contribution in [3.63, 3.8) is 0 Å². The van der Waals surface area contributed by atoms with Crippen LogP contribution in [-0.4, -0.2) is 26.0 Å². The first-order valence-corrected chi connectivity index (χ1v) is 9.81. The molecule has 0 aliphatic carbocycles. The lowest BCUT2D eigenvalue weighted by atomic mass is 10.3. The Balaban J connectivity index is 1.85. The predicted molar refractivity (Wildman–Crippen MR) is 90.7 cm³/mol. The van der Waals surface area contributed by atoms with Gasteiger partial charge in [0.15, 0.2) is 10.8 Å². The summed E-state index contributed by atoms with van der Waals surface area (Å²) >= 11 is 2.21. The summed E-state index contributed by atoms with van der Waals surface area (Å²) in [6, 6.07) is 9.04. The average Bonchev–Trinajstić information content (AvgIpc) is 3.13. The molecule has 0 aliphatic heterocycles. The van der Waals surface area contributed by atoms with Crippen molar-refractivity contribution in [2.24, 2.45) is 0 Å². The highest BCUT2D eigenvalue weighted by Crippen LogP contribution is 2.30. The van der Waals surface area contributed by atoms with Crippen molar-refractivity contribution < 1.29 is 17.9 Å². The Kier molecular flexibility index (Phi) is 4.33. The molecule has 120 valence electrons. The zero-order valence-corrected chi connectivity index (χ0v) is 14.4. The summed E-state index contributed by atoms with van der Waals surface area (Å²) in [6.45, 7) is 1.93. The van der Waals surface area contributed by atoms with Crippen LogP contribution in [0.25, 0.3) is 10.1 Å². The van der Waals surface area contributed by atoms with Gasteiger partial charge in [-0.05, 0) is 24.4 Å². The highest BCUT2D eigenvalue weighted by Gasteiger charge is 2.20. The van der Waals surface area contributed by atoms with Gasteiger partial charge in [0.2, 0.25) is 0 Å². The molecule has 9 heteroatoms. The van der Waals surface area contributed by atoms with Gasteiger partial charge in [0.05, 0.1) is 6.61 Å². The van der Waals surface area contributed by atoms with E-state index in [1.165, 1.54) is 16.7 Å². The van der Waals surface area contributed by atoms with Crippen molar-refractivity contribution in [3.8, 4) is 0 Å². The van der Waals surface area contributed by atoms with Crippen molar-refractivity contribution in [3.05, 3.63) is 41.4 Å². The number of benzene rings is 1. The highest BCUT2D eigenvalue weighted by molar-refractivity contribution is 7.95. The summed E-state index contributed by atoms with van der Waals surface area (Å²) in [5.41, 5.74) is 0.0888. The molecule has 0 spiro atoms. The van der Waals surface area contributed by atoms with Gasteiger partial charge in [0.25, 0.3) is 10.0 Å². The third-order valence-corrected chi connectivity index (χ3v) is 6.69. The van der Waals surface area contributed by atoms with Crippen molar-refractivity contribution in [1.29, 1.82) is 0 Å². The third kappa shape index (κ3) is 3.36. The van der Waals surface area contributed by atoms with Gasteiger partial charge in [0.1, 0.15) is 4.21 Å². The number of carbonyl (C=O) groups is 1. The van der Waals surface area contributed by atoms with E-state index < -0.39 is 16.0 Å². The van der Waals surface area contributed by atoms with Gasteiger partial charge in [-0.3, -0.25) is 4.72 Å². The van der Waals surface area contributed by atoms with Gasteiger partial charge in [-0.1, -0.05) is 18.2 Å². The van der Waals surface area contributed by atoms with Gasteiger partial charge in [-0.2, -0.15) is 0 Å². The van der Waals surface area contributed by atoms with E-state index in [1.807, 2.05) is 24.3 Å². The molecule has 0 radical (unpaired) electrons. The number of hydrogen-bond acceptors (Lipinski definition) is 7. The van der Waals surface area contributed by atoms with Gasteiger partial charge in [0, 0.05) is 10.1 Å². The topological polar surface area (TPSA) is 85.4 Å². The third-order valence-electron chi connectivity index (χ3n) is 2.88. The Morgan fingerprint density at radius 3 is 2.87 bits per heavy atom. The van der Waals surface area contributed by atoms with Crippen molar-refractivity contribution in [2.45, 2.75) is 11.1 Å². The van der Waals surface area contributed by atoms with Crippen LogP contribution in [0.2, 0.25) is 0 Å². The minimum Gasteiger partial charge on any atom is -0.461 e. The molecule has 3 aromatic rings. The number of fused-ring (bicyclic) bond motifs is 1. The number of thiophene rings is 1. The number of aromatic nitrogens is 1. The van der Waals surface area contributed by atoms with E-state index in [1.54, 1.807) is 13.0 Å². The molecule has 0 fully saturated rings. The van der Waals surface area contributed by atoms with Crippen LogP contribution in [0.3, 0.4) is 0 Å². The molecule has 2 aromatic heterocycles. The molecule has 0 amide bonds. The Hall–Kier alpha value is -1.97. The second-order valence-corrected chi connectivity index (χ2v) is 8.32. The maximum Gasteiger partial charge on any atom is 0.357 e. The first-order valence-electron chi connectivity index (χ1n) is 6.63. The molecule has 0 unspecified atom stereocenters. The van der Waals surface area contributed by atoms with Gasteiger partial charge >= 0.3 is 5.97 Å². The van der Waals surface area contributed by atoms with Crippen LogP contribution in [0.1, 0.15) is 17.4 Å². The Morgan fingerprint density at radius 2 is 2.13 bits per heavy atom. The molecule has 0 bridgehead atoms. The van der Waals surface area contributed by atoms with Crippen molar-refractivity contribution in [2.75, 3.05) is 11.3 Å². The number of rotatable bonds is 5. The Bertz CT molecular complexity index is 926. The molecule has 23 heavy (non-hydrogen) atoms. The molecule has 0 saturated carbocycles. The van der Waals surface area contributed by atoms with Crippen LogP contribution in [0.15, 0.2) is 39.9 Å². The van der Waals surface area contributed by atoms with E-state index in [0.29, 0.717) is 0 Å². The van der Waals surface area contributed by atoms with Crippen LogP contribution in [0.4, 0.5) is 5.13 Å². The fourth-order valence-corrected chi connectivity index (χ4v) is 5.20. The SMILES string of the molecule is CCOC(=O)c1csc(NS(=O)(=O)c2cc3ccccc3s2)n1. The summed E-state index contributed by atoms with van der Waals surface area (Å²) in [4.78, 5) is 15.5. The Labute approximate surface area is 140 Å². The standard InChI is InChI=1S/C14H12N2O4S3/c1-2-20-13(17)10-8-21-14(15-10)16-23(18,19)12-7-9-5-3-4-6-11(9)22-12/h3-8H,2H2,1H3,(H,15,16). The van der Waals surface area contributed by atoms with E-state index >= 15 is 0 Å². The first-order chi connectivity index (χ1) is 11.0. The highest BCUT2D eigenvalue weighted by atomic mass is 32.2. The summed E-state index contributed by atoms with van der Waals surface area (Å²) in [5, 5.41) is 2.45. The maximum absolute atomic E-state index is 12.4. The Morgan fingerprint density at radius 1 is 1.35 bits per heavy atom. The van der Waals surface area contributed by atoms with Crippen LogP contribution < -0.4 is 4.72 Å². The van der Waals surface area contributed by atoms with Crippen molar-refractivity contribution >= 4 is 53.9 Å². The summed E-state index contributed by atoms with van der Waals surface area (Å²) in [5.74, 6) is -0.573. The van der Waals surface area contributed by atoms with E-state index in [2.05, 4.69) is 9.71 Å². The van der Waals surface area contributed by atoms with Gasteiger partial charge in [-0.25, -0.2) is 18.2 Å². The summed E-state index contributed by atoms with van der Waals surface area (Å²) in [6.07, 6.45) is 0. The number of carbonyl (C=O) groups excluding carboxylic acids is 1. The number of hydrogen-bond donors (Lipinski definition) is 1. The van der Waals surface area contributed by atoms with Crippen molar-refractivity contribution in [1.82, 2.24) is 4.98 Å². The zero-order valence-electron chi connectivity index (χ0n) is 12.0. The number of sulfonamides is 1. The second kappa shape index (κ2) is 6.26. The zero-order chi connectivity index (χ0) is 16.4. The molecule has 0 saturated heterocycles. The molecular weight excluding hydrogens is 356 g/mol. The molecule has 1 N–H and O–H groups in total. The molecule has 6 nitrogen and oxygen atoms in total. The van der Waals surface area contributed by atoms with Crippen LogP contribution in [0.5, 0.6) is 0 Å². The summed E-state index contributed by atoms with van der Waals surface area (Å²) < 4.78 is 33.2. The molecule has 3 rings (SSSR count). The lowest BCUT2D eigenvalue weighted by molar-refractivity contribution is 0.0520. The fourth-order valence-electron chi connectivity index (χ4n) is 1.87. The number of nitrogens with one attached hydrogen (secondary N) is 1. The van der Waals surface area contributed by atoms with Gasteiger partial charge in [-0.15, -0.1) is 22.7 Å². The quantitative estimate of drug-likeness (QED) is 0.698. The minimum atomic E-state index is -3.74. The van der Waals surface area contributed by atoms with E-state index in [0.717, 1.165) is 21.4 Å². The van der Waals surface area contributed by atoms with Crippen LogP contribution >= 0.6 is 22.7 Å². The number of ether oxygens (including phenoxy) is 1. The largest absolute Gasteiger partial charge is 0.461 e. The molecule has 0 aliphatic rings. The van der Waals surface area contributed by atoms with Crippen LogP contribution in [-0.2, 0) is 14.8 Å². The number of esters is 1. The fraction of sp³-hybridized carbons (Fsp3) is 0.143. The first kappa shape index (κ1) is 15.9. The monoisotopic (exact) mass is 368 g/mol. The lowest BCUT2D eigenvalue weighted by Gasteiger charge is -2.01. The molecule has 0 atom stereocenters. The van der Waals surface area contributed by atoms with E-state index in [-0.39, 0.29) is 21.6 Å². The molecule has 2 heterocycles. The smallest absolute Gasteiger partial charge is 0.357 e. The van der Waals surface area contributed by atoms with E-state index in [9.17, 15) is 13.2 Å². The predicted octanol–water partition coefficient (Wildman–Crippen LogP) is 3.34. The van der Waals surface area contributed by atoms with E-state index in [4.69, 9.17) is 4.74 Å². The second-order valence-electron chi connectivity index (χ2n) is 4.47. The number of nitrogens with zero attached hydrogens (tertiary/aromatic N) is 1. The molecular formula is C14H12N2O4S3. The lowest BCUT2D eigenvalue weighted by Crippen LogP contribution is -2.12. The number of anilines is 1. The number of thiazole rings is 1. The van der Waals surface area contributed by atoms with Crippen LogP contribution in [0, 0.1) is 0 Å². The maximum atomic E-state index is 12.4. The normalized spacial score (nSPS) is 11.5.